The van der Waals surface area contributed by atoms with Gasteiger partial charge in [0.1, 0.15) is 11.6 Å². The van der Waals surface area contributed by atoms with Crippen LogP contribution < -0.4 is 0 Å². The van der Waals surface area contributed by atoms with Crippen LogP contribution in [-0.2, 0) is 38.5 Å². The van der Waals surface area contributed by atoms with Gasteiger partial charge in [-0.15, -0.1) is 0 Å². The summed E-state index contributed by atoms with van der Waals surface area (Å²) in [5, 5.41) is 10.3. The zero-order chi connectivity index (χ0) is 39.1. The molecule has 6 nitrogen and oxygen atoms in total. The molecule has 5 aromatic carbocycles. The first-order chi connectivity index (χ1) is 28.0. The summed E-state index contributed by atoms with van der Waals surface area (Å²) < 4.78 is 4.43. The summed E-state index contributed by atoms with van der Waals surface area (Å²) in [5.74, 6) is 1.72. The van der Waals surface area contributed by atoms with Crippen molar-refractivity contribution in [1.29, 1.82) is 5.26 Å². The minimum Gasteiger partial charge on any atom is -0.299 e. The van der Waals surface area contributed by atoms with Crippen LogP contribution in [0, 0.1) is 31.8 Å². The van der Waals surface area contributed by atoms with Crippen molar-refractivity contribution in [2.75, 3.05) is 0 Å². The van der Waals surface area contributed by atoms with Crippen molar-refractivity contribution in [1.82, 2.24) is 19.1 Å². The van der Waals surface area contributed by atoms with Crippen molar-refractivity contribution in [3.8, 4) is 40.2 Å². The molecule has 0 spiro atoms. The maximum atomic E-state index is 10.3. The predicted molar refractivity (Wildman–Crippen MR) is 230 cm³/mol. The summed E-state index contributed by atoms with van der Waals surface area (Å²) in [7, 11) is 0. The van der Waals surface area contributed by atoms with E-state index < -0.39 is 0 Å². The lowest BCUT2D eigenvalue weighted by Gasteiger charge is -2.17. The third-order valence-electron chi connectivity index (χ3n) is 11.6. The standard InChI is InChI=1S/C51H48N6/c1-36-12-9-18-42-16-7-5-4-6-8-17-43-19-10-13-37(2)49(43)57-31-29-55-51(57)45-27-25-41(47(34-45)53-3)23-21-39-15-11-14-38(32-39)20-22-40-24-26-44(33-46(40)35-52)50-54-28-30-56(50)48(36)42/h9-15,18-19,24-34H,4-8,16-17,20-23H2,1-2H3. The van der Waals surface area contributed by atoms with Gasteiger partial charge in [0.2, 0.25) is 0 Å². The highest BCUT2D eigenvalue weighted by Gasteiger charge is 2.18. The van der Waals surface area contributed by atoms with Crippen molar-refractivity contribution in [2.45, 2.75) is 84.5 Å². The molecule has 0 saturated carbocycles. The summed E-state index contributed by atoms with van der Waals surface area (Å²) >= 11 is 0. The zero-order valence-corrected chi connectivity index (χ0v) is 33.0. The molecule has 0 radical (unpaired) electrons. The van der Waals surface area contributed by atoms with E-state index in [2.05, 4.69) is 131 Å². The Kier molecular flexibility index (Phi) is 11.2. The summed E-state index contributed by atoms with van der Waals surface area (Å²) in [4.78, 5) is 13.6. The Morgan fingerprint density at radius 1 is 0.561 bits per heavy atom. The second kappa shape index (κ2) is 17.1. The summed E-state index contributed by atoms with van der Waals surface area (Å²) in [6.45, 7) is 12.5. The van der Waals surface area contributed by atoms with E-state index in [4.69, 9.17) is 16.5 Å². The molecule has 6 bridgehead atoms. The number of nitriles is 1. The second-order valence-corrected chi connectivity index (χ2v) is 15.4. The molecule has 3 aliphatic heterocycles. The Morgan fingerprint density at radius 3 is 1.67 bits per heavy atom. The first kappa shape index (κ1) is 37.4. The molecule has 0 aliphatic carbocycles. The fraction of sp³-hybridized carbons (Fsp3) is 0.255. The normalized spacial score (nSPS) is 13.7. The molecular formula is C51H48N6. The van der Waals surface area contributed by atoms with E-state index in [-0.39, 0.29) is 0 Å². The Hall–Kier alpha value is -6.50. The van der Waals surface area contributed by atoms with Gasteiger partial charge in [-0.25, -0.2) is 14.8 Å². The van der Waals surface area contributed by atoms with Crippen LogP contribution in [0.2, 0.25) is 0 Å². The van der Waals surface area contributed by atoms with Gasteiger partial charge >= 0.3 is 0 Å². The van der Waals surface area contributed by atoms with Crippen molar-refractivity contribution in [3.05, 3.63) is 183 Å². The molecule has 0 saturated heterocycles. The molecule has 2 aromatic heterocycles. The van der Waals surface area contributed by atoms with Crippen LogP contribution in [-0.4, -0.2) is 19.1 Å². The van der Waals surface area contributed by atoms with Crippen molar-refractivity contribution in [2.24, 2.45) is 0 Å². The van der Waals surface area contributed by atoms with E-state index >= 15 is 0 Å². The third kappa shape index (κ3) is 8.09. The molecule has 5 heterocycles. The van der Waals surface area contributed by atoms with E-state index in [1.807, 2.05) is 24.5 Å². The van der Waals surface area contributed by atoms with Gasteiger partial charge in [0.15, 0.2) is 5.69 Å². The fourth-order valence-electron chi connectivity index (χ4n) is 8.64. The van der Waals surface area contributed by atoms with Gasteiger partial charge in [0.05, 0.1) is 29.6 Å². The average Bonchev–Trinajstić information content (AvgIpc) is 3.92. The van der Waals surface area contributed by atoms with Crippen LogP contribution >= 0.6 is 0 Å². The lowest BCUT2D eigenvalue weighted by Crippen LogP contribution is -2.05. The molecule has 3 aliphatic rings. The largest absolute Gasteiger partial charge is 0.299 e. The fourth-order valence-corrected chi connectivity index (χ4v) is 8.64. The van der Waals surface area contributed by atoms with Crippen molar-refractivity contribution in [3.63, 3.8) is 0 Å². The van der Waals surface area contributed by atoms with E-state index in [9.17, 15) is 5.26 Å². The topological polar surface area (TPSA) is 63.8 Å². The third-order valence-corrected chi connectivity index (χ3v) is 11.6. The molecule has 7 aromatic rings. The monoisotopic (exact) mass is 744 g/mol. The highest BCUT2D eigenvalue weighted by atomic mass is 15.1. The van der Waals surface area contributed by atoms with Crippen molar-refractivity contribution >= 4 is 5.69 Å². The quantitative estimate of drug-likeness (QED) is 0.145. The number of aromatic nitrogens is 4. The zero-order valence-electron chi connectivity index (χ0n) is 33.0. The number of para-hydroxylation sites is 2. The molecule has 0 N–H and O–H groups in total. The highest BCUT2D eigenvalue weighted by Crippen LogP contribution is 2.33. The number of hydrogen-bond acceptors (Lipinski definition) is 3. The molecule has 10 rings (SSSR count). The average molecular weight is 745 g/mol. The Bertz CT molecular complexity index is 2450. The van der Waals surface area contributed by atoms with E-state index in [0.717, 1.165) is 85.3 Å². The molecule has 0 fully saturated rings. The SMILES string of the molecule is [C-]#[N+]c1cc2ccc1CCc1cccc(c1)CCc1ccc(cc1C#N)-c1nccn1-c1c(C)cccc1CCCCCCCc1cccc(C)c1-n1ccnc1-2. The maximum Gasteiger partial charge on any atom is 0.191 e. The summed E-state index contributed by atoms with van der Waals surface area (Å²) in [5.41, 5.74) is 15.3. The number of hydrogen-bond donors (Lipinski definition) is 0. The van der Waals surface area contributed by atoms with E-state index in [0.29, 0.717) is 11.3 Å². The minimum absolute atomic E-state index is 0.677. The van der Waals surface area contributed by atoms with Crippen molar-refractivity contribution < 1.29 is 0 Å². The second-order valence-electron chi connectivity index (χ2n) is 15.4. The lowest BCUT2D eigenvalue weighted by molar-refractivity contribution is 0.612. The van der Waals surface area contributed by atoms with Gasteiger partial charge in [0, 0.05) is 35.9 Å². The number of fused-ring (bicyclic) bond motifs is 2. The van der Waals surface area contributed by atoms with E-state index in [1.54, 1.807) is 0 Å². The van der Waals surface area contributed by atoms with Gasteiger partial charge in [0.25, 0.3) is 0 Å². The predicted octanol–water partition coefficient (Wildman–Crippen LogP) is 12.1. The molecule has 282 valence electrons. The smallest absolute Gasteiger partial charge is 0.191 e. The molecule has 6 heteroatoms. The highest BCUT2D eigenvalue weighted by molar-refractivity contribution is 5.69. The van der Waals surface area contributed by atoms with Gasteiger partial charge in [-0.3, -0.25) is 9.13 Å². The number of imidazole rings is 2. The first-order valence-corrected chi connectivity index (χ1v) is 20.4. The lowest BCUT2D eigenvalue weighted by atomic mass is 9.96. The maximum absolute atomic E-state index is 10.3. The number of aryl methyl sites for hydroxylation is 8. The number of nitrogens with zero attached hydrogens (tertiary/aromatic N) is 6. The van der Waals surface area contributed by atoms with E-state index in [1.165, 1.54) is 64.0 Å². The van der Waals surface area contributed by atoms with Crippen LogP contribution in [0.1, 0.15) is 82.2 Å². The first-order valence-electron chi connectivity index (χ1n) is 20.4. The Labute approximate surface area is 337 Å². The molecular weight excluding hydrogens is 697 g/mol. The Morgan fingerprint density at radius 2 is 1.09 bits per heavy atom. The van der Waals surface area contributed by atoms with Crippen LogP contribution in [0.5, 0.6) is 0 Å². The van der Waals surface area contributed by atoms with Gasteiger partial charge < -0.3 is 0 Å². The summed E-state index contributed by atoms with van der Waals surface area (Å²) in [6.07, 6.45) is 18.9. The number of benzene rings is 5. The molecule has 0 amide bonds. The van der Waals surface area contributed by atoms with Gasteiger partial charge in [-0.1, -0.05) is 104 Å². The molecule has 0 atom stereocenters. The van der Waals surface area contributed by atoms with Gasteiger partial charge in [-0.2, -0.15) is 5.26 Å². The molecule has 57 heavy (non-hydrogen) atoms. The number of rotatable bonds is 0. The Balaban J connectivity index is 1.12. The van der Waals surface area contributed by atoms with Crippen LogP contribution in [0.3, 0.4) is 0 Å². The minimum atomic E-state index is 0.677. The van der Waals surface area contributed by atoms with Crippen LogP contribution in [0.25, 0.3) is 39.0 Å². The molecule has 0 unspecified atom stereocenters. The van der Waals surface area contributed by atoms with Crippen LogP contribution in [0.15, 0.2) is 122 Å². The summed E-state index contributed by atoms with van der Waals surface area (Å²) in [6, 6.07) is 36.9. The van der Waals surface area contributed by atoms with Gasteiger partial charge in [-0.05, 0) is 122 Å². The van der Waals surface area contributed by atoms with Crippen LogP contribution in [0.4, 0.5) is 5.69 Å².